The van der Waals surface area contributed by atoms with Crippen LogP contribution < -0.4 is 10.0 Å². The van der Waals surface area contributed by atoms with Gasteiger partial charge in [0.25, 0.3) is 0 Å². The van der Waals surface area contributed by atoms with Crippen molar-refractivity contribution in [2.24, 2.45) is 0 Å². The molecule has 2 heterocycles. The molecule has 0 aliphatic carbocycles. The third-order valence-electron chi connectivity index (χ3n) is 5.67. The molecule has 1 N–H and O–H groups in total. The van der Waals surface area contributed by atoms with Crippen LogP contribution in [0.2, 0.25) is 0 Å². The topological polar surface area (TPSA) is 42.2 Å². The lowest BCUT2D eigenvalue weighted by molar-refractivity contribution is -0.605. The van der Waals surface area contributed by atoms with E-state index in [1.807, 2.05) is 30.3 Å². The van der Waals surface area contributed by atoms with Gasteiger partial charge in [-0.05, 0) is 59.4 Å². The Morgan fingerprint density at radius 2 is 1.67 bits per heavy atom. The summed E-state index contributed by atoms with van der Waals surface area (Å²) in [7, 11) is 0. The van der Waals surface area contributed by atoms with Gasteiger partial charge >= 0.3 is 0 Å². The second kappa shape index (κ2) is 9.32. The molecule has 156 valence electrons. The Balaban J connectivity index is 1.41. The lowest BCUT2D eigenvalue weighted by atomic mass is 9.90. The summed E-state index contributed by atoms with van der Waals surface area (Å²) in [6.45, 7) is 3.10. The number of nitrogens with zero attached hydrogens (tertiary/aromatic N) is 2. The van der Waals surface area contributed by atoms with Gasteiger partial charge in [0.1, 0.15) is 11.6 Å². The fourth-order valence-corrected chi connectivity index (χ4v) is 4.04. The second-order valence-electron chi connectivity index (χ2n) is 7.82. The summed E-state index contributed by atoms with van der Waals surface area (Å²) in [6, 6.07) is 15.5. The van der Waals surface area contributed by atoms with E-state index in [1.165, 1.54) is 30.6 Å². The van der Waals surface area contributed by atoms with E-state index >= 15 is 0 Å². The molecule has 0 saturated carbocycles. The van der Waals surface area contributed by atoms with Crippen LogP contribution in [0, 0.1) is 16.8 Å². The highest BCUT2D eigenvalue weighted by atomic mass is 19.1. The van der Waals surface area contributed by atoms with Crippen LogP contribution in [0.1, 0.15) is 22.3 Å². The molecular formula is C24H25F2N3O. The van der Waals surface area contributed by atoms with E-state index in [9.17, 15) is 14.0 Å². The van der Waals surface area contributed by atoms with E-state index in [0.29, 0.717) is 6.54 Å². The standard InChI is InChI=1S/C24H25F2N3O/c25-22-4-1-18(2-5-22)13-24-15-21-14-23(26)6-3-20(21)17-28(24)12-9-27-16-19-7-10-29(30)11-8-19/h1-8,10-11,14,24,27H,9,12-13,15-17H2. The number of aromatic nitrogens is 1. The summed E-state index contributed by atoms with van der Waals surface area (Å²) >= 11 is 0. The molecule has 0 fully saturated rings. The summed E-state index contributed by atoms with van der Waals surface area (Å²) < 4.78 is 27.8. The third kappa shape index (κ3) is 5.20. The summed E-state index contributed by atoms with van der Waals surface area (Å²) in [5.41, 5.74) is 4.36. The van der Waals surface area contributed by atoms with Crippen molar-refractivity contribution < 1.29 is 13.5 Å². The zero-order valence-electron chi connectivity index (χ0n) is 16.7. The fourth-order valence-electron chi connectivity index (χ4n) is 4.04. The molecule has 2 aromatic carbocycles. The van der Waals surface area contributed by atoms with Gasteiger partial charge in [-0.2, -0.15) is 4.73 Å². The largest absolute Gasteiger partial charge is 0.619 e. The first-order valence-electron chi connectivity index (χ1n) is 10.2. The van der Waals surface area contributed by atoms with E-state index < -0.39 is 0 Å². The Labute approximate surface area is 175 Å². The number of pyridine rings is 1. The average molecular weight is 409 g/mol. The van der Waals surface area contributed by atoms with Gasteiger partial charge < -0.3 is 10.5 Å². The number of rotatable bonds is 7. The van der Waals surface area contributed by atoms with Crippen molar-refractivity contribution in [1.82, 2.24) is 10.2 Å². The Kier molecular flexibility index (Phi) is 6.35. The highest BCUT2D eigenvalue weighted by Crippen LogP contribution is 2.26. The Morgan fingerprint density at radius 1 is 0.933 bits per heavy atom. The van der Waals surface area contributed by atoms with Crippen molar-refractivity contribution in [2.45, 2.75) is 32.0 Å². The molecule has 4 rings (SSSR count). The zero-order chi connectivity index (χ0) is 20.9. The van der Waals surface area contributed by atoms with Crippen LogP contribution in [0.25, 0.3) is 0 Å². The first-order valence-corrected chi connectivity index (χ1v) is 10.2. The minimum atomic E-state index is -0.237. The molecule has 1 aliphatic heterocycles. The second-order valence-corrected chi connectivity index (χ2v) is 7.82. The van der Waals surface area contributed by atoms with Crippen molar-refractivity contribution in [2.75, 3.05) is 13.1 Å². The van der Waals surface area contributed by atoms with Crippen molar-refractivity contribution in [3.8, 4) is 0 Å². The van der Waals surface area contributed by atoms with Gasteiger partial charge in [0, 0.05) is 44.4 Å². The van der Waals surface area contributed by atoms with Crippen LogP contribution in [0.4, 0.5) is 8.78 Å². The predicted octanol–water partition coefficient (Wildman–Crippen LogP) is 3.36. The molecule has 4 nitrogen and oxygen atoms in total. The predicted molar refractivity (Wildman–Crippen MR) is 112 cm³/mol. The third-order valence-corrected chi connectivity index (χ3v) is 5.67. The van der Waals surface area contributed by atoms with Crippen molar-refractivity contribution >= 4 is 0 Å². The monoisotopic (exact) mass is 409 g/mol. The number of hydrogen-bond donors (Lipinski definition) is 1. The van der Waals surface area contributed by atoms with Gasteiger partial charge in [-0.1, -0.05) is 18.2 Å². The van der Waals surface area contributed by atoms with Gasteiger partial charge in [-0.15, -0.1) is 0 Å². The number of hydrogen-bond acceptors (Lipinski definition) is 3. The van der Waals surface area contributed by atoms with Crippen molar-refractivity contribution in [3.05, 3.63) is 106 Å². The molecule has 3 aromatic rings. The molecule has 0 spiro atoms. The number of nitrogens with one attached hydrogen (secondary N) is 1. The van der Waals surface area contributed by atoms with E-state index in [4.69, 9.17) is 0 Å². The summed E-state index contributed by atoms with van der Waals surface area (Å²) in [6.07, 6.45) is 4.55. The smallest absolute Gasteiger partial charge is 0.180 e. The van der Waals surface area contributed by atoms with Gasteiger partial charge in [0.2, 0.25) is 0 Å². The molecule has 0 radical (unpaired) electrons. The first-order chi connectivity index (χ1) is 14.6. The van der Waals surface area contributed by atoms with Crippen LogP contribution in [0.15, 0.2) is 67.0 Å². The summed E-state index contributed by atoms with van der Waals surface area (Å²) in [5.74, 6) is -0.439. The van der Waals surface area contributed by atoms with Crippen LogP contribution in [-0.2, 0) is 25.9 Å². The zero-order valence-corrected chi connectivity index (χ0v) is 16.7. The molecule has 1 aromatic heterocycles. The molecule has 1 aliphatic rings. The minimum absolute atomic E-state index is 0.202. The van der Waals surface area contributed by atoms with E-state index in [2.05, 4.69) is 10.2 Å². The average Bonchev–Trinajstić information content (AvgIpc) is 2.74. The van der Waals surface area contributed by atoms with E-state index in [0.717, 1.165) is 59.5 Å². The minimum Gasteiger partial charge on any atom is -0.619 e. The van der Waals surface area contributed by atoms with E-state index in [1.54, 1.807) is 6.07 Å². The van der Waals surface area contributed by atoms with Crippen LogP contribution in [0.3, 0.4) is 0 Å². The molecule has 1 unspecified atom stereocenters. The molecule has 0 saturated heterocycles. The molecule has 30 heavy (non-hydrogen) atoms. The Bertz CT molecular complexity index is 977. The SMILES string of the molecule is [O-][n+]1ccc(CNCCN2Cc3ccc(F)cc3CC2Cc2ccc(F)cc2)cc1. The highest BCUT2D eigenvalue weighted by molar-refractivity contribution is 5.32. The Morgan fingerprint density at radius 3 is 2.43 bits per heavy atom. The number of halogens is 2. The lowest BCUT2D eigenvalue weighted by Gasteiger charge is -2.37. The van der Waals surface area contributed by atoms with Gasteiger partial charge in [-0.25, -0.2) is 8.78 Å². The van der Waals surface area contributed by atoms with Crippen LogP contribution in [0.5, 0.6) is 0 Å². The molecular weight excluding hydrogens is 384 g/mol. The van der Waals surface area contributed by atoms with Gasteiger partial charge in [-0.3, -0.25) is 4.90 Å². The van der Waals surface area contributed by atoms with E-state index in [-0.39, 0.29) is 17.7 Å². The quantitative estimate of drug-likeness (QED) is 0.370. The maximum atomic E-state index is 13.7. The molecule has 0 amide bonds. The van der Waals surface area contributed by atoms with Crippen molar-refractivity contribution in [3.63, 3.8) is 0 Å². The molecule has 0 bridgehead atoms. The Hall–Kier alpha value is -2.83. The summed E-state index contributed by atoms with van der Waals surface area (Å²) in [5, 5.41) is 14.6. The van der Waals surface area contributed by atoms with Crippen molar-refractivity contribution in [1.29, 1.82) is 0 Å². The first kappa shape index (κ1) is 20.4. The maximum absolute atomic E-state index is 13.7. The highest BCUT2D eigenvalue weighted by Gasteiger charge is 2.26. The van der Waals surface area contributed by atoms with Gasteiger partial charge in [0.15, 0.2) is 12.4 Å². The lowest BCUT2D eigenvalue weighted by Crippen LogP contribution is -2.44. The summed E-state index contributed by atoms with van der Waals surface area (Å²) in [4.78, 5) is 2.41. The number of benzene rings is 2. The maximum Gasteiger partial charge on any atom is 0.180 e. The fraction of sp³-hybridized carbons (Fsp3) is 0.292. The molecule has 6 heteroatoms. The van der Waals surface area contributed by atoms with Crippen LogP contribution >= 0.6 is 0 Å². The molecule has 1 atom stereocenters. The van der Waals surface area contributed by atoms with Gasteiger partial charge in [0.05, 0.1) is 0 Å². The number of fused-ring (bicyclic) bond motifs is 1. The van der Waals surface area contributed by atoms with Crippen LogP contribution in [-0.4, -0.2) is 24.0 Å². The normalized spacial score (nSPS) is 16.4.